The molecule has 0 bridgehead atoms. The van der Waals surface area contributed by atoms with Gasteiger partial charge in [-0.3, -0.25) is 9.59 Å². The quantitative estimate of drug-likeness (QED) is 0.0195. The summed E-state index contributed by atoms with van der Waals surface area (Å²) in [5, 5.41) is 11.9. The highest BCUT2D eigenvalue weighted by molar-refractivity contribution is 5.70. The number of rotatable bonds is 79. The fourth-order valence-corrected chi connectivity index (χ4v) is 12.4. The van der Waals surface area contributed by atoms with Gasteiger partial charge in [0.15, 0.2) is 12.4 Å². The average Bonchev–Trinajstić information content (AvgIpc) is 2.62. The molecule has 0 saturated carbocycles. The van der Waals surface area contributed by atoms with Crippen molar-refractivity contribution in [3.8, 4) is 0 Å². The van der Waals surface area contributed by atoms with Crippen molar-refractivity contribution in [1.82, 2.24) is 0 Å². The van der Waals surface area contributed by atoms with Gasteiger partial charge < -0.3 is 33.3 Å². The number of likely N-dealkylation sites (N-methyl/N-ethyl adjacent to an activating group) is 1. The number of quaternary nitrogens is 1. The van der Waals surface area contributed by atoms with Gasteiger partial charge in [0.2, 0.25) is 0 Å². The van der Waals surface area contributed by atoms with E-state index < -0.39 is 24.3 Å². The minimum Gasteiger partial charge on any atom is -0.545 e. The molecule has 0 radical (unpaired) electrons. The Morgan fingerprint density at radius 3 is 0.859 bits per heavy atom. The van der Waals surface area contributed by atoms with Crippen molar-refractivity contribution in [1.29, 1.82) is 0 Å². The Labute approximate surface area is 613 Å². The SMILES string of the molecule is CC/C=C\C/C=C\C/C=C\C/C=C\C/C=C\CCCCCCCCCCCCCCCCCCCCCCCCCCCC(=O)OC(COC(=O)CCCCCCCCCCCCCCCCCCCC/C=C\C/C=C\C/C=C\CCCCCCC)COC(OCC[N+](C)(C)C)C(=O)[O-]. The van der Waals surface area contributed by atoms with E-state index in [9.17, 15) is 19.5 Å². The molecule has 0 N–H and O–H groups in total. The van der Waals surface area contributed by atoms with Gasteiger partial charge in [-0.2, -0.15) is 0 Å². The Hall–Kier alpha value is -3.79. The lowest BCUT2D eigenvalue weighted by atomic mass is 10.0. The molecule has 0 aliphatic carbocycles. The third kappa shape index (κ3) is 81.4. The van der Waals surface area contributed by atoms with E-state index in [0.29, 0.717) is 23.9 Å². The second-order valence-corrected chi connectivity index (χ2v) is 29.7. The third-order valence-electron chi connectivity index (χ3n) is 18.8. The highest BCUT2D eigenvalue weighted by Gasteiger charge is 2.22. The van der Waals surface area contributed by atoms with Gasteiger partial charge in [-0.05, 0) is 96.3 Å². The first-order valence-electron chi connectivity index (χ1n) is 42.4. The number of hydrogen-bond donors (Lipinski definition) is 0. The number of ether oxygens (including phenoxy) is 4. The lowest BCUT2D eigenvalue weighted by molar-refractivity contribution is -0.870. The summed E-state index contributed by atoms with van der Waals surface area (Å²) in [6.07, 6.45) is 108. The predicted molar refractivity (Wildman–Crippen MR) is 426 cm³/mol. The van der Waals surface area contributed by atoms with Crippen molar-refractivity contribution in [2.24, 2.45) is 0 Å². The lowest BCUT2D eigenvalue weighted by Gasteiger charge is -2.26. The third-order valence-corrected chi connectivity index (χ3v) is 18.8. The van der Waals surface area contributed by atoms with Gasteiger partial charge in [0.05, 0.1) is 40.3 Å². The summed E-state index contributed by atoms with van der Waals surface area (Å²) >= 11 is 0. The molecule has 9 heteroatoms. The van der Waals surface area contributed by atoms with Crippen LogP contribution in [0.1, 0.15) is 399 Å². The molecule has 574 valence electrons. The summed E-state index contributed by atoms with van der Waals surface area (Å²) in [6, 6.07) is 0. The number of carbonyl (C=O) groups is 3. The van der Waals surface area contributed by atoms with Gasteiger partial charge in [0.25, 0.3) is 0 Å². The largest absolute Gasteiger partial charge is 0.545 e. The molecule has 0 aliphatic rings. The van der Waals surface area contributed by atoms with Crippen molar-refractivity contribution in [2.75, 3.05) is 47.5 Å². The zero-order valence-electron chi connectivity index (χ0n) is 65.9. The van der Waals surface area contributed by atoms with Crippen LogP contribution >= 0.6 is 0 Å². The van der Waals surface area contributed by atoms with Crippen LogP contribution in [-0.4, -0.2) is 82.3 Å². The molecular weight excluding hydrogens is 1220 g/mol. The van der Waals surface area contributed by atoms with Crippen LogP contribution in [0.25, 0.3) is 0 Å². The van der Waals surface area contributed by atoms with Crippen LogP contribution in [0.2, 0.25) is 0 Å². The van der Waals surface area contributed by atoms with Gasteiger partial charge in [0, 0.05) is 12.8 Å². The number of carboxylic acid groups (broad SMARTS) is 1. The maximum absolute atomic E-state index is 13.0. The van der Waals surface area contributed by atoms with Crippen LogP contribution in [-0.2, 0) is 33.3 Å². The number of aliphatic carboxylic acids is 1. The van der Waals surface area contributed by atoms with Crippen molar-refractivity contribution in [2.45, 2.75) is 411 Å². The maximum atomic E-state index is 13.0. The summed E-state index contributed by atoms with van der Waals surface area (Å²) in [4.78, 5) is 37.7. The standard InChI is InChI=1S/C90H161NO8/c1-6-8-10-12-14-16-18-20-22-24-26-28-30-32-34-36-38-40-41-42-43-44-45-46-47-49-51-53-55-57-59-61-63-65-67-69-71-73-75-77-79-81-88(93)99-86(85-98-90(89(94)95)96-83-82-91(3,4)5)84-97-87(92)80-78-76-74-72-70-68-66-64-62-60-58-56-54-52-50-48-39-37-35-33-31-29-27-25-23-21-19-17-15-13-11-9-7-2/h8,10,14,16,19-22,25-28,31-34,86,90H,6-7,9,11-13,15,17-18,23-24,29-30,35-85H2,1-5H3/b10-8-,16-14-,21-19-,22-20-,27-25-,28-26-,33-31-,34-32-. The van der Waals surface area contributed by atoms with E-state index in [2.05, 4.69) is 111 Å². The van der Waals surface area contributed by atoms with Crippen LogP contribution in [0.4, 0.5) is 0 Å². The number of carboxylic acids is 1. The first-order chi connectivity index (χ1) is 48.6. The molecule has 0 heterocycles. The summed E-state index contributed by atoms with van der Waals surface area (Å²) in [7, 11) is 5.95. The summed E-state index contributed by atoms with van der Waals surface area (Å²) in [5.74, 6) is -2.26. The van der Waals surface area contributed by atoms with E-state index in [-0.39, 0.29) is 32.2 Å². The van der Waals surface area contributed by atoms with Gasteiger partial charge >= 0.3 is 11.9 Å². The summed E-state index contributed by atoms with van der Waals surface area (Å²) < 4.78 is 22.9. The predicted octanol–water partition coefficient (Wildman–Crippen LogP) is 26.2. The highest BCUT2D eigenvalue weighted by atomic mass is 16.7. The molecule has 9 nitrogen and oxygen atoms in total. The first kappa shape index (κ1) is 95.2. The molecule has 0 aromatic rings. The van der Waals surface area contributed by atoms with Crippen molar-refractivity contribution in [3.05, 3.63) is 97.2 Å². The fraction of sp³-hybridized carbons (Fsp3) is 0.789. The lowest BCUT2D eigenvalue weighted by Crippen LogP contribution is -2.44. The first-order valence-corrected chi connectivity index (χ1v) is 42.4. The Kier molecular flexibility index (Phi) is 76.8. The van der Waals surface area contributed by atoms with Gasteiger partial charge in [0.1, 0.15) is 13.2 Å². The van der Waals surface area contributed by atoms with E-state index in [1.165, 1.54) is 289 Å². The molecule has 2 unspecified atom stereocenters. The Balaban J connectivity index is 3.95. The zero-order valence-corrected chi connectivity index (χ0v) is 65.9. The number of hydrogen-bond acceptors (Lipinski definition) is 8. The zero-order chi connectivity index (χ0) is 71.8. The number of carbonyl (C=O) groups excluding carboxylic acids is 3. The van der Waals surface area contributed by atoms with Crippen LogP contribution in [0, 0.1) is 0 Å². The molecule has 0 rings (SSSR count). The molecule has 0 aromatic heterocycles. The van der Waals surface area contributed by atoms with Gasteiger partial charge in [-0.25, -0.2) is 0 Å². The smallest absolute Gasteiger partial charge is 0.306 e. The van der Waals surface area contributed by atoms with E-state index in [0.717, 1.165) is 77.0 Å². The minimum atomic E-state index is -1.62. The van der Waals surface area contributed by atoms with E-state index in [4.69, 9.17) is 18.9 Å². The van der Waals surface area contributed by atoms with E-state index in [1.54, 1.807) is 0 Å². The second kappa shape index (κ2) is 79.9. The highest BCUT2D eigenvalue weighted by Crippen LogP contribution is 2.20. The average molecular weight is 1390 g/mol. The van der Waals surface area contributed by atoms with E-state index in [1.807, 2.05) is 21.1 Å². The molecule has 99 heavy (non-hydrogen) atoms. The van der Waals surface area contributed by atoms with Gasteiger partial charge in [-0.15, -0.1) is 0 Å². The van der Waals surface area contributed by atoms with Crippen molar-refractivity contribution in [3.63, 3.8) is 0 Å². The number of unbranched alkanes of at least 4 members (excludes halogenated alkanes) is 48. The van der Waals surface area contributed by atoms with Crippen molar-refractivity contribution >= 4 is 17.9 Å². The number of allylic oxidation sites excluding steroid dienone is 16. The van der Waals surface area contributed by atoms with Crippen LogP contribution < -0.4 is 5.11 Å². The van der Waals surface area contributed by atoms with Crippen molar-refractivity contribution < 1.29 is 42.9 Å². The molecule has 0 aliphatic heterocycles. The summed E-state index contributed by atoms with van der Waals surface area (Å²) in [6.45, 7) is 4.68. The molecule has 0 aromatic carbocycles. The number of nitrogens with zero attached hydrogens (tertiary/aromatic N) is 1. The normalized spacial score (nSPS) is 13.1. The van der Waals surface area contributed by atoms with Crippen LogP contribution in [0.15, 0.2) is 97.2 Å². The molecule has 0 spiro atoms. The molecule has 0 fully saturated rings. The Bertz CT molecular complexity index is 1960. The molecule has 0 saturated heterocycles. The maximum Gasteiger partial charge on any atom is 0.306 e. The van der Waals surface area contributed by atoms with Crippen LogP contribution in [0.5, 0.6) is 0 Å². The van der Waals surface area contributed by atoms with E-state index >= 15 is 0 Å². The second-order valence-electron chi connectivity index (χ2n) is 29.7. The number of esters is 2. The van der Waals surface area contributed by atoms with Gasteiger partial charge in [-0.1, -0.05) is 387 Å². The monoisotopic (exact) mass is 1380 g/mol. The topological polar surface area (TPSA) is 111 Å². The van der Waals surface area contributed by atoms with Crippen LogP contribution in [0.3, 0.4) is 0 Å². The summed E-state index contributed by atoms with van der Waals surface area (Å²) in [5.41, 5.74) is 0. The fourth-order valence-electron chi connectivity index (χ4n) is 12.4. The molecular formula is C90H161NO8. The molecule has 2 atom stereocenters. The Morgan fingerprint density at radius 2 is 0.576 bits per heavy atom. The molecule has 0 amide bonds. The minimum absolute atomic E-state index is 0.148. The Morgan fingerprint density at radius 1 is 0.313 bits per heavy atom.